The van der Waals surface area contributed by atoms with Crippen LogP contribution >= 0.6 is 0 Å². The maximum Gasteiger partial charge on any atom is 0.408 e. The van der Waals surface area contributed by atoms with E-state index < -0.39 is 30.2 Å². The minimum absolute atomic E-state index is 0.0575. The Morgan fingerprint density at radius 3 is 2.78 bits per heavy atom. The van der Waals surface area contributed by atoms with Crippen LogP contribution in [0.4, 0.5) is 28.2 Å². The lowest BCUT2D eigenvalue weighted by atomic mass is 10.1. The van der Waals surface area contributed by atoms with Crippen LogP contribution in [0.2, 0.25) is 0 Å². The second kappa shape index (κ2) is 10.3. The number of amides is 1. The van der Waals surface area contributed by atoms with Gasteiger partial charge in [-0.2, -0.15) is 18.3 Å². The Hall–Kier alpha value is -4.00. The Bertz CT molecular complexity index is 1270. The van der Waals surface area contributed by atoms with E-state index in [9.17, 15) is 22.4 Å². The van der Waals surface area contributed by atoms with Gasteiger partial charge in [0.1, 0.15) is 11.9 Å². The number of hydrogen-bond donors (Lipinski definition) is 3. The van der Waals surface area contributed by atoms with Gasteiger partial charge in [-0.15, -0.1) is 0 Å². The number of anilines is 1. The SMILES string of the molecule is COc1cc2nc(C=NNc3ccc([C@@H](N4CC[C@H](NC(=O)O)C4)C(F)(F)F)cn3)ccc2cc1F. The molecule has 0 spiro atoms. The van der Waals surface area contributed by atoms with Crippen molar-refractivity contribution >= 4 is 29.0 Å². The molecule has 3 heterocycles. The lowest BCUT2D eigenvalue weighted by Gasteiger charge is -2.30. The topological polar surface area (TPSA) is 112 Å². The van der Waals surface area contributed by atoms with E-state index in [-0.39, 0.29) is 36.6 Å². The van der Waals surface area contributed by atoms with Crippen molar-refractivity contribution in [1.82, 2.24) is 20.2 Å². The Morgan fingerprint density at radius 1 is 1.31 bits per heavy atom. The lowest BCUT2D eigenvalue weighted by molar-refractivity contribution is -0.183. The third-order valence-electron chi connectivity index (χ3n) is 5.68. The van der Waals surface area contributed by atoms with Crippen molar-refractivity contribution in [3.05, 3.63) is 59.7 Å². The van der Waals surface area contributed by atoms with E-state index in [2.05, 4.69) is 25.8 Å². The summed E-state index contributed by atoms with van der Waals surface area (Å²) in [6, 6.07) is 6.27. The van der Waals surface area contributed by atoms with Crippen LogP contribution in [0.3, 0.4) is 0 Å². The van der Waals surface area contributed by atoms with Crippen LogP contribution in [0, 0.1) is 5.82 Å². The van der Waals surface area contributed by atoms with Crippen molar-refractivity contribution in [1.29, 1.82) is 0 Å². The number of likely N-dealkylation sites (tertiary alicyclic amines) is 1. The van der Waals surface area contributed by atoms with Gasteiger partial charge in [-0.05, 0) is 30.2 Å². The average Bonchev–Trinajstić information content (AvgIpc) is 3.25. The molecule has 1 fully saturated rings. The molecule has 36 heavy (non-hydrogen) atoms. The van der Waals surface area contributed by atoms with Crippen molar-refractivity contribution in [3.63, 3.8) is 0 Å². The van der Waals surface area contributed by atoms with Gasteiger partial charge >= 0.3 is 12.3 Å². The molecule has 2 atom stereocenters. The number of carbonyl (C=O) groups is 1. The number of alkyl halides is 3. The molecule has 3 N–H and O–H groups in total. The summed E-state index contributed by atoms with van der Waals surface area (Å²) in [5, 5.41) is 15.7. The fourth-order valence-corrected chi connectivity index (χ4v) is 4.09. The standard InChI is InChI=1S/C23H22F4N6O3/c1-36-19-9-18-13(8-17(19)24)2-4-15(30-18)11-29-32-20-5-3-14(10-28-20)21(23(25,26)27)33-7-6-16(12-33)31-22(34)35/h2-5,8-11,16,21,31H,6-7,12H2,1H3,(H,28,32)(H,34,35)/t16-,21+/m0/s1. The number of nitrogens with one attached hydrogen (secondary N) is 2. The number of fused-ring (bicyclic) bond motifs is 1. The number of rotatable bonds is 7. The maximum atomic E-state index is 13.8. The molecule has 4 rings (SSSR count). The third-order valence-corrected chi connectivity index (χ3v) is 5.68. The molecule has 1 aliphatic heterocycles. The molecule has 1 aliphatic rings. The highest BCUT2D eigenvalue weighted by Crippen LogP contribution is 2.39. The molecule has 3 aromatic rings. The van der Waals surface area contributed by atoms with Crippen molar-refractivity contribution in [2.75, 3.05) is 25.6 Å². The van der Waals surface area contributed by atoms with Crippen molar-refractivity contribution < 1.29 is 32.2 Å². The minimum atomic E-state index is -4.57. The van der Waals surface area contributed by atoms with Gasteiger partial charge in [0.25, 0.3) is 0 Å². The van der Waals surface area contributed by atoms with Gasteiger partial charge in [0, 0.05) is 36.8 Å². The molecule has 190 valence electrons. The molecule has 0 radical (unpaired) electrons. The summed E-state index contributed by atoms with van der Waals surface area (Å²) >= 11 is 0. The predicted octanol–water partition coefficient (Wildman–Crippen LogP) is 4.17. The molecule has 1 amide bonds. The highest BCUT2D eigenvalue weighted by Gasteiger charge is 2.47. The Balaban J connectivity index is 1.44. The summed E-state index contributed by atoms with van der Waals surface area (Å²) in [6.07, 6.45) is -3.05. The molecule has 0 bridgehead atoms. The van der Waals surface area contributed by atoms with Gasteiger partial charge in [0.15, 0.2) is 11.6 Å². The second-order valence-electron chi connectivity index (χ2n) is 8.14. The summed E-state index contributed by atoms with van der Waals surface area (Å²) < 4.78 is 60.3. The number of hydrogen-bond acceptors (Lipinski definition) is 7. The zero-order chi connectivity index (χ0) is 25.9. The van der Waals surface area contributed by atoms with Crippen LogP contribution < -0.4 is 15.5 Å². The number of benzene rings is 1. The first-order chi connectivity index (χ1) is 17.1. The molecular weight excluding hydrogens is 484 g/mol. The molecular formula is C23H22F4N6O3. The fourth-order valence-electron chi connectivity index (χ4n) is 4.09. The Morgan fingerprint density at radius 2 is 2.11 bits per heavy atom. The van der Waals surface area contributed by atoms with E-state index in [4.69, 9.17) is 9.84 Å². The van der Waals surface area contributed by atoms with Crippen LogP contribution in [0.25, 0.3) is 10.9 Å². The fraction of sp³-hybridized carbons (Fsp3) is 0.304. The number of nitrogens with zero attached hydrogens (tertiary/aromatic N) is 4. The zero-order valence-electron chi connectivity index (χ0n) is 19.0. The van der Waals surface area contributed by atoms with Gasteiger partial charge in [0.2, 0.25) is 0 Å². The Labute approximate surface area is 202 Å². The zero-order valence-corrected chi connectivity index (χ0v) is 19.0. The van der Waals surface area contributed by atoms with Crippen molar-refractivity contribution in [2.24, 2.45) is 5.10 Å². The van der Waals surface area contributed by atoms with Crippen LogP contribution in [0.15, 0.2) is 47.7 Å². The van der Waals surface area contributed by atoms with E-state index in [1.807, 2.05) is 0 Å². The third kappa shape index (κ3) is 5.79. The molecule has 0 unspecified atom stereocenters. The number of carboxylic acid groups (broad SMARTS) is 1. The molecule has 13 heteroatoms. The summed E-state index contributed by atoms with van der Waals surface area (Å²) in [5.41, 5.74) is 3.53. The van der Waals surface area contributed by atoms with Crippen LogP contribution in [-0.2, 0) is 0 Å². The number of hydrazone groups is 1. The van der Waals surface area contributed by atoms with E-state index in [1.165, 1.54) is 42.5 Å². The van der Waals surface area contributed by atoms with Crippen LogP contribution in [-0.4, -0.2) is 64.7 Å². The Kier molecular flexibility index (Phi) is 7.20. The first-order valence-electron chi connectivity index (χ1n) is 10.8. The number of halogens is 4. The monoisotopic (exact) mass is 506 g/mol. The van der Waals surface area contributed by atoms with E-state index in [0.29, 0.717) is 16.6 Å². The van der Waals surface area contributed by atoms with Crippen molar-refractivity contribution in [2.45, 2.75) is 24.7 Å². The highest BCUT2D eigenvalue weighted by atomic mass is 19.4. The maximum absolute atomic E-state index is 13.8. The number of ether oxygens (including phenoxy) is 1. The van der Waals surface area contributed by atoms with E-state index in [0.717, 1.165) is 6.20 Å². The summed E-state index contributed by atoms with van der Waals surface area (Å²) in [7, 11) is 1.35. The molecule has 1 aromatic carbocycles. The summed E-state index contributed by atoms with van der Waals surface area (Å²) in [6.45, 7) is 0.0364. The van der Waals surface area contributed by atoms with Gasteiger partial charge in [-0.3, -0.25) is 10.3 Å². The first-order valence-corrected chi connectivity index (χ1v) is 10.8. The highest BCUT2D eigenvalue weighted by molar-refractivity contribution is 5.86. The quantitative estimate of drug-likeness (QED) is 0.251. The second-order valence-corrected chi connectivity index (χ2v) is 8.14. The average molecular weight is 506 g/mol. The predicted molar refractivity (Wildman–Crippen MR) is 124 cm³/mol. The van der Waals surface area contributed by atoms with E-state index >= 15 is 0 Å². The summed E-state index contributed by atoms with van der Waals surface area (Å²) in [5.74, 6) is -0.225. The van der Waals surface area contributed by atoms with Gasteiger partial charge in [-0.1, -0.05) is 12.1 Å². The molecule has 1 saturated heterocycles. The van der Waals surface area contributed by atoms with Crippen LogP contribution in [0.1, 0.15) is 23.7 Å². The normalized spacial score (nSPS) is 17.4. The first kappa shape index (κ1) is 25.1. The molecule has 2 aromatic heterocycles. The van der Waals surface area contributed by atoms with Gasteiger partial charge in [0.05, 0.1) is 24.5 Å². The number of pyridine rings is 2. The number of aromatic nitrogens is 2. The smallest absolute Gasteiger partial charge is 0.408 e. The molecule has 0 aliphatic carbocycles. The molecule has 0 saturated carbocycles. The number of methoxy groups -OCH3 is 1. The van der Waals surface area contributed by atoms with E-state index in [1.54, 1.807) is 12.1 Å². The van der Waals surface area contributed by atoms with Gasteiger partial charge in [-0.25, -0.2) is 19.2 Å². The minimum Gasteiger partial charge on any atom is -0.494 e. The van der Waals surface area contributed by atoms with Crippen LogP contribution in [0.5, 0.6) is 5.75 Å². The lowest BCUT2D eigenvalue weighted by Crippen LogP contribution is -2.40. The summed E-state index contributed by atoms with van der Waals surface area (Å²) in [4.78, 5) is 20.4. The van der Waals surface area contributed by atoms with Gasteiger partial charge < -0.3 is 15.2 Å². The van der Waals surface area contributed by atoms with Crippen molar-refractivity contribution in [3.8, 4) is 5.75 Å². The molecule has 9 nitrogen and oxygen atoms in total. The largest absolute Gasteiger partial charge is 0.494 e.